The van der Waals surface area contributed by atoms with Crippen LogP contribution in [-0.4, -0.2) is 131 Å². The average molecular weight is 768 g/mol. The minimum atomic E-state index is -3.57. The third-order valence-electron chi connectivity index (χ3n) is 11.3. The molecule has 0 saturated carbocycles. The molecule has 1 unspecified atom stereocenters. The number of amides is 2. The number of benzene rings is 1. The number of anilines is 1. The molecule has 6 rings (SSSR count). The Morgan fingerprint density at radius 3 is 2.43 bits per heavy atom. The van der Waals surface area contributed by atoms with Gasteiger partial charge in [-0.05, 0) is 110 Å². The second kappa shape index (κ2) is 16.9. The lowest BCUT2D eigenvalue weighted by Crippen LogP contribution is -2.61. The van der Waals surface area contributed by atoms with Crippen LogP contribution in [0.15, 0.2) is 42.2 Å². The van der Waals surface area contributed by atoms with E-state index in [-0.39, 0.29) is 46.5 Å². The van der Waals surface area contributed by atoms with Gasteiger partial charge in [0.25, 0.3) is 27.9 Å². The fourth-order valence-corrected chi connectivity index (χ4v) is 10.2. The molecule has 1 aromatic carbocycles. The lowest BCUT2D eigenvalue weighted by atomic mass is 9.72. The molecule has 294 valence electrons. The highest BCUT2D eigenvalue weighted by Crippen LogP contribution is 2.45. The summed E-state index contributed by atoms with van der Waals surface area (Å²) in [5, 5.41) is 8.17. The number of piperidine rings is 3. The van der Waals surface area contributed by atoms with Crippen LogP contribution in [0.1, 0.15) is 76.6 Å². The average Bonchev–Trinajstić information content (AvgIpc) is 3.14. The summed E-state index contributed by atoms with van der Waals surface area (Å²) in [6.07, 6.45) is 9.41. The Labute approximate surface area is 318 Å². The van der Waals surface area contributed by atoms with Gasteiger partial charge in [-0.3, -0.25) is 9.59 Å². The van der Waals surface area contributed by atoms with Crippen LogP contribution in [0, 0.1) is 23.1 Å². The summed E-state index contributed by atoms with van der Waals surface area (Å²) in [5.41, 5.74) is 0.271. The van der Waals surface area contributed by atoms with Crippen molar-refractivity contribution >= 4 is 34.1 Å². The van der Waals surface area contributed by atoms with E-state index in [4.69, 9.17) is 4.74 Å². The van der Waals surface area contributed by atoms with Crippen molar-refractivity contribution in [3.05, 3.63) is 48.6 Å². The van der Waals surface area contributed by atoms with Gasteiger partial charge in [0.15, 0.2) is 5.82 Å². The summed E-state index contributed by atoms with van der Waals surface area (Å²) in [5.74, 6) is 0.0189. The Kier molecular flexibility index (Phi) is 12.4. The molecular weight excluding hydrogens is 714 g/mol. The third kappa shape index (κ3) is 8.98. The Balaban J connectivity index is 0.991. The first-order valence-electron chi connectivity index (χ1n) is 19.2. The first kappa shape index (κ1) is 39.8. The monoisotopic (exact) mass is 767 g/mol. The van der Waals surface area contributed by atoms with E-state index in [0.717, 1.165) is 77.3 Å². The third-order valence-corrected chi connectivity index (χ3v) is 13.3. The van der Waals surface area contributed by atoms with Crippen LogP contribution in [0.5, 0.6) is 11.6 Å². The molecule has 0 bridgehead atoms. The van der Waals surface area contributed by atoms with Crippen LogP contribution in [0.4, 0.5) is 10.2 Å². The smallest absolute Gasteiger partial charge is 0.282 e. The summed E-state index contributed by atoms with van der Waals surface area (Å²) in [4.78, 5) is 39.8. The molecule has 1 atom stereocenters. The van der Waals surface area contributed by atoms with E-state index in [1.165, 1.54) is 24.5 Å². The number of aromatic nitrogens is 3. The summed E-state index contributed by atoms with van der Waals surface area (Å²) < 4.78 is 50.8. The summed E-state index contributed by atoms with van der Waals surface area (Å²) in [6.45, 7) is 17.5. The van der Waals surface area contributed by atoms with E-state index < -0.39 is 21.9 Å². The summed E-state index contributed by atoms with van der Waals surface area (Å²) in [6, 6.07) is 3.74. The van der Waals surface area contributed by atoms with Gasteiger partial charge in [-0.2, -0.15) is 17.0 Å². The normalized spacial score (nSPS) is 21.8. The second-order valence-electron chi connectivity index (χ2n) is 15.8. The van der Waals surface area contributed by atoms with Crippen molar-refractivity contribution in [2.75, 3.05) is 63.8 Å². The molecule has 0 radical (unpaired) electrons. The van der Waals surface area contributed by atoms with Crippen molar-refractivity contribution < 1.29 is 27.1 Å². The molecule has 0 N–H and O–H groups in total. The quantitative estimate of drug-likeness (QED) is 0.225. The van der Waals surface area contributed by atoms with Crippen molar-refractivity contribution in [1.82, 2.24) is 33.6 Å². The van der Waals surface area contributed by atoms with Gasteiger partial charge < -0.3 is 19.4 Å². The molecule has 4 saturated heterocycles. The van der Waals surface area contributed by atoms with Gasteiger partial charge in [-0.15, -0.1) is 10.2 Å². The zero-order chi connectivity index (χ0) is 38.6. The van der Waals surface area contributed by atoms with Gasteiger partial charge in [-0.1, -0.05) is 6.58 Å². The molecule has 16 heteroatoms. The lowest BCUT2D eigenvalue weighted by Gasteiger charge is -2.54. The van der Waals surface area contributed by atoms with Crippen LogP contribution in [0.3, 0.4) is 0 Å². The number of rotatable bonds is 12. The van der Waals surface area contributed by atoms with Gasteiger partial charge >= 0.3 is 0 Å². The predicted molar refractivity (Wildman–Crippen MR) is 204 cm³/mol. The molecule has 5 heterocycles. The van der Waals surface area contributed by atoms with Gasteiger partial charge in [0.05, 0.1) is 5.56 Å². The first-order chi connectivity index (χ1) is 25.8. The van der Waals surface area contributed by atoms with E-state index in [2.05, 4.69) is 36.6 Å². The van der Waals surface area contributed by atoms with Crippen LogP contribution >= 0.6 is 0 Å². The molecule has 14 nitrogen and oxygen atoms in total. The molecule has 4 fully saturated rings. The maximum Gasteiger partial charge on any atom is 0.282 e. The highest BCUT2D eigenvalue weighted by molar-refractivity contribution is 7.86. The number of ether oxygens (including phenoxy) is 1. The maximum absolute atomic E-state index is 14.4. The van der Waals surface area contributed by atoms with Crippen LogP contribution in [0.2, 0.25) is 0 Å². The number of hydrogen-bond acceptors (Lipinski definition) is 10. The maximum atomic E-state index is 14.4. The lowest BCUT2D eigenvalue weighted by molar-refractivity contribution is -0.113. The fraction of sp³-hybridized carbons (Fsp3) is 0.632. The topological polar surface area (TPSA) is 145 Å². The van der Waals surface area contributed by atoms with E-state index in [1.807, 2.05) is 27.7 Å². The number of aliphatic imine (C=N–C) groups is 1. The van der Waals surface area contributed by atoms with Gasteiger partial charge in [0, 0.05) is 75.4 Å². The van der Waals surface area contributed by atoms with E-state index in [1.54, 1.807) is 19.7 Å². The van der Waals surface area contributed by atoms with E-state index >= 15 is 0 Å². The van der Waals surface area contributed by atoms with E-state index in [0.29, 0.717) is 37.9 Å². The highest BCUT2D eigenvalue weighted by atomic mass is 32.2. The molecular formula is C38H54FN9O5S. The Bertz CT molecular complexity index is 1790. The number of halogens is 1. The Hall–Kier alpha value is -3.86. The summed E-state index contributed by atoms with van der Waals surface area (Å²) >= 11 is 0. The number of carbonyl (C=O) groups excluding carboxylic acids is 2. The van der Waals surface area contributed by atoms with Crippen LogP contribution in [-0.2, 0) is 15.0 Å². The molecule has 54 heavy (non-hydrogen) atoms. The zero-order valence-corrected chi connectivity index (χ0v) is 32.8. The zero-order valence-electron chi connectivity index (χ0n) is 31.9. The molecule has 1 aromatic heterocycles. The first-order valence-corrected chi connectivity index (χ1v) is 20.6. The fourth-order valence-electron chi connectivity index (χ4n) is 8.44. The van der Waals surface area contributed by atoms with Crippen molar-refractivity contribution in [3.8, 4) is 11.6 Å². The number of likely N-dealkylation sites (tertiary alicyclic amines) is 1. The van der Waals surface area contributed by atoms with Crippen molar-refractivity contribution in [2.24, 2.45) is 22.2 Å². The van der Waals surface area contributed by atoms with Gasteiger partial charge in [0.2, 0.25) is 0 Å². The van der Waals surface area contributed by atoms with Gasteiger partial charge in [-0.25, -0.2) is 14.4 Å². The minimum Gasteiger partial charge on any atom is -0.434 e. The molecule has 1 spiro atoms. The standard InChI is InChI=1S/C38H54FN9O5S/c1-6-34(49)40-21-30-8-7-15-47(23-30)54(51,52)46-16-11-29(12-17-46)22-44-18-13-38(14-19-44)24-45(25-38)35-36(43-42-26-41-35)53-33-10-9-31(39)20-32(33)37(50)48(27(2)3)28(4)5/h6,9-10,20-21,26-30H,1,7-8,11-19,22-25H2,2-5H3/b40-21-. The van der Waals surface area contributed by atoms with E-state index in [9.17, 15) is 22.4 Å². The molecule has 4 aliphatic rings. The highest BCUT2D eigenvalue weighted by Gasteiger charge is 2.47. The Morgan fingerprint density at radius 1 is 1.06 bits per heavy atom. The molecule has 4 aliphatic heterocycles. The van der Waals surface area contributed by atoms with Crippen molar-refractivity contribution in [2.45, 2.75) is 78.3 Å². The summed E-state index contributed by atoms with van der Waals surface area (Å²) in [7, 11) is -3.57. The van der Waals surface area contributed by atoms with Crippen molar-refractivity contribution in [1.29, 1.82) is 0 Å². The van der Waals surface area contributed by atoms with Gasteiger partial charge in [0.1, 0.15) is 17.9 Å². The SMILES string of the molecule is C=CC(=O)/N=C\C1CCCN(S(=O)(=O)N2CCC(CN3CCC4(CC3)CN(c3ncnnc3Oc3ccc(F)cc3C(=O)N(C(C)C)C(C)C)C4)CC2)C1. The largest absolute Gasteiger partial charge is 0.434 e. The molecule has 2 aromatic rings. The number of nitrogens with zero attached hydrogens (tertiary/aromatic N) is 9. The van der Waals surface area contributed by atoms with Crippen molar-refractivity contribution in [3.63, 3.8) is 0 Å². The van der Waals surface area contributed by atoms with Crippen LogP contribution < -0.4 is 9.64 Å². The second-order valence-corrected chi connectivity index (χ2v) is 17.7. The minimum absolute atomic E-state index is 0.0782. The molecule has 0 aliphatic carbocycles. The molecule has 2 amide bonds. The number of carbonyl (C=O) groups is 2. The number of hydrogen-bond donors (Lipinski definition) is 0. The Morgan fingerprint density at radius 2 is 1.76 bits per heavy atom. The predicted octanol–water partition coefficient (Wildman–Crippen LogP) is 4.42. The van der Waals surface area contributed by atoms with Crippen LogP contribution in [0.25, 0.3) is 0 Å².